The summed E-state index contributed by atoms with van der Waals surface area (Å²) in [5, 5.41) is 1.95. The number of amides is 4. The van der Waals surface area contributed by atoms with E-state index < -0.39 is 23.4 Å². The van der Waals surface area contributed by atoms with Gasteiger partial charge in [0.15, 0.2) is 0 Å². The van der Waals surface area contributed by atoms with E-state index >= 15 is 0 Å². The van der Waals surface area contributed by atoms with E-state index in [9.17, 15) is 14.4 Å². The Balaban J connectivity index is 2.08. The van der Waals surface area contributed by atoms with Crippen LogP contribution in [0.4, 0.5) is 4.79 Å². The molecule has 2 aliphatic heterocycles. The molecule has 2 saturated heterocycles. The lowest BCUT2D eigenvalue weighted by Gasteiger charge is -2.26. The predicted molar refractivity (Wildman–Crippen MR) is 48.8 cm³/mol. The fourth-order valence-electron chi connectivity index (χ4n) is 1.87. The third-order valence-electron chi connectivity index (χ3n) is 2.70. The van der Waals surface area contributed by atoms with E-state index in [1.807, 2.05) is 12.2 Å². The summed E-state index contributed by atoms with van der Waals surface area (Å²) in [4.78, 5) is 34.3. The first-order valence-corrected chi connectivity index (χ1v) is 4.83. The second-order valence-corrected chi connectivity index (χ2v) is 4.05. The van der Waals surface area contributed by atoms with Crippen LogP contribution in [0.1, 0.15) is 19.8 Å². The van der Waals surface area contributed by atoms with Gasteiger partial charge in [-0.3, -0.25) is 19.8 Å². The zero-order valence-corrected chi connectivity index (χ0v) is 8.41. The van der Waals surface area contributed by atoms with Crippen LogP contribution in [0.25, 0.3) is 0 Å². The molecule has 0 aromatic heterocycles. The fraction of sp³-hybridized carbons (Fsp3) is 0.667. The molecule has 2 rings (SSSR count). The number of hydrogen-bond acceptors (Lipinski definition) is 4. The molecule has 15 heavy (non-hydrogen) atoms. The van der Waals surface area contributed by atoms with Crippen LogP contribution in [0.15, 0.2) is 0 Å². The average molecular weight is 212 g/mol. The maximum absolute atomic E-state index is 11.3. The van der Waals surface area contributed by atoms with Crippen LogP contribution in [0.5, 0.6) is 0 Å². The third-order valence-corrected chi connectivity index (χ3v) is 2.70. The molecule has 0 saturated carbocycles. The van der Waals surface area contributed by atoms with Crippen LogP contribution >= 0.6 is 0 Å². The Bertz CT molecular complexity index is 333. The Morgan fingerprint density at radius 2 is 2.20 bits per heavy atom. The number of nitrogens with zero attached hydrogens (tertiary/aromatic N) is 1. The van der Waals surface area contributed by atoms with Gasteiger partial charge in [-0.05, 0) is 19.8 Å². The van der Waals surface area contributed by atoms with Gasteiger partial charge in [-0.2, -0.15) is 0 Å². The van der Waals surface area contributed by atoms with E-state index in [0.29, 0.717) is 6.61 Å². The number of carbonyl (C=O) groups is 3. The zero-order chi connectivity index (χ0) is 11.1. The second-order valence-electron chi connectivity index (χ2n) is 4.05. The largest absolute Gasteiger partial charge is 0.373 e. The highest BCUT2D eigenvalue weighted by Crippen LogP contribution is 2.26. The Morgan fingerprint density at radius 3 is 2.67 bits per heavy atom. The smallest absolute Gasteiger partial charge is 0.331 e. The first-order chi connectivity index (χ1) is 7.02. The monoisotopic (exact) mass is 212 g/mol. The van der Waals surface area contributed by atoms with Crippen molar-refractivity contribution in [2.24, 2.45) is 0 Å². The van der Waals surface area contributed by atoms with Crippen LogP contribution in [0, 0.1) is 0 Å². The van der Waals surface area contributed by atoms with Gasteiger partial charge in [0.1, 0.15) is 0 Å². The number of imide groups is 2. The molecular formula is C9H12N2O4. The Labute approximate surface area is 86.6 Å². The lowest BCUT2D eigenvalue weighted by atomic mass is 10.0. The molecule has 6 heteroatoms. The molecule has 0 bridgehead atoms. The lowest BCUT2D eigenvalue weighted by Crippen LogP contribution is -2.43. The molecular weight excluding hydrogens is 200 g/mol. The average Bonchev–Trinajstić information content (AvgIpc) is 2.68. The maximum atomic E-state index is 11.3. The summed E-state index contributed by atoms with van der Waals surface area (Å²) in [5.41, 5.74) is -0.502. The number of hydrogen-bond donors (Lipinski definition) is 1. The summed E-state index contributed by atoms with van der Waals surface area (Å²) in [6, 6.07) is -0.651. The highest BCUT2D eigenvalue weighted by Gasteiger charge is 2.42. The standard InChI is InChI=1S/C9H12N2O4/c1-9(3-2-4-15-9)5-11-7(13)6(12)10-8(11)14/h2-5H2,1H3,(H,10,12,14). The molecule has 0 aliphatic carbocycles. The van der Waals surface area contributed by atoms with Gasteiger partial charge >= 0.3 is 17.8 Å². The summed E-state index contributed by atoms with van der Waals surface area (Å²) < 4.78 is 5.45. The van der Waals surface area contributed by atoms with Gasteiger partial charge in [-0.1, -0.05) is 0 Å². The van der Waals surface area contributed by atoms with Gasteiger partial charge < -0.3 is 4.74 Å². The molecule has 2 aliphatic rings. The Kier molecular flexibility index (Phi) is 2.22. The maximum Gasteiger partial charge on any atom is 0.331 e. The molecule has 1 unspecified atom stereocenters. The molecule has 1 N–H and O–H groups in total. The van der Waals surface area contributed by atoms with Gasteiger partial charge in [0.05, 0.1) is 12.1 Å². The SMILES string of the molecule is CC1(CN2C(=O)NC(=O)C2=O)CCCO1. The van der Waals surface area contributed by atoms with Gasteiger partial charge in [-0.25, -0.2) is 4.79 Å². The number of carbonyl (C=O) groups excluding carboxylic acids is 3. The Morgan fingerprint density at radius 1 is 1.47 bits per heavy atom. The first kappa shape index (κ1) is 10.1. The van der Waals surface area contributed by atoms with Crippen LogP contribution in [0.3, 0.4) is 0 Å². The van der Waals surface area contributed by atoms with E-state index in [-0.39, 0.29) is 6.54 Å². The van der Waals surface area contributed by atoms with Gasteiger partial charge in [0.25, 0.3) is 0 Å². The molecule has 0 spiro atoms. The highest BCUT2D eigenvalue weighted by atomic mass is 16.5. The first-order valence-electron chi connectivity index (χ1n) is 4.83. The van der Waals surface area contributed by atoms with E-state index in [4.69, 9.17) is 4.74 Å². The van der Waals surface area contributed by atoms with Crippen molar-refractivity contribution in [3.63, 3.8) is 0 Å². The summed E-state index contributed by atoms with van der Waals surface area (Å²) in [5.74, 6) is -1.65. The second kappa shape index (κ2) is 3.30. The molecule has 0 aromatic carbocycles. The van der Waals surface area contributed by atoms with Crippen LogP contribution in [-0.2, 0) is 14.3 Å². The summed E-state index contributed by atoms with van der Waals surface area (Å²) >= 11 is 0. The van der Waals surface area contributed by atoms with Crippen LogP contribution in [0.2, 0.25) is 0 Å². The lowest BCUT2D eigenvalue weighted by molar-refractivity contribution is -0.141. The van der Waals surface area contributed by atoms with Gasteiger partial charge in [0, 0.05) is 6.61 Å². The molecule has 2 heterocycles. The fourth-order valence-corrected chi connectivity index (χ4v) is 1.87. The summed E-state index contributed by atoms with van der Waals surface area (Å²) in [6.07, 6.45) is 1.70. The zero-order valence-electron chi connectivity index (χ0n) is 8.41. The van der Waals surface area contributed by atoms with Crippen molar-refractivity contribution in [2.45, 2.75) is 25.4 Å². The predicted octanol–water partition coefficient (Wildman–Crippen LogP) is -0.366. The topological polar surface area (TPSA) is 75.7 Å². The van der Waals surface area contributed by atoms with Crippen molar-refractivity contribution in [3.05, 3.63) is 0 Å². The van der Waals surface area contributed by atoms with Crippen molar-refractivity contribution in [2.75, 3.05) is 13.2 Å². The number of urea groups is 1. The number of ether oxygens (including phenoxy) is 1. The Hall–Kier alpha value is -1.43. The van der Waals surface area contributed by atoms with Gasteiger partial charge in [0.2, 0.25) is 0 Å². The summed E-state index contributed by atoms with van der Waals surface area (Å²) in [6.45, 7) is 2.61. The molecule has 4 amide bonds. The molecule has 1 atom stereocenters. The van der Waals surface area contributed by atoms with Crippen molar-refractivity contribution in [1.82, 2.24) is 10.2 Å². The number of nitrogens with one attached hydrogen (secondary N) is 1. The molecule has 6 nitrogen and oxygen atoms in total. The number of rotatable bonds is 2. The van der Waals surface area contributed by atoms with E-state index in [2.05, 4.69) is 0 Å². The van der Waals surface area contributed by atoms with Crippen molar-refractivity contribution in [3.8, 4) is 0 Å². The molecule has 2 fully saturated rings. The quantitative estimate of drug-likeness (QED) is 0.500. The van der Waals surface area contributed by atoms with Crippen molar-refractivity contribution < 1.29 is 19.1 Å². The van der Waals surface area contributed by atoms with E-state index in [1.54, 1.807) is 0 Å². The van der Waals surface area contributed by atoms with E-state index in [1.165, 1.54) is 0 Å². The normalized spacial score (nSPS) is 31.3. The molecule has 0 radical (unpaired) electrons. The molecule has 0 aromatic rings. The van der Waals surface area contributed by atoms with Crippen LogP contribution in [-0.4, -0.2) is 41.5 Å². The van der Waals surface area contributed by atoms with Gasteiger partial charge in [-0.15, -0.1) is 0 Å². The molecule has 82 valence electrons. The van der Waals surface area contributed by atoms with Crippen molar-refractivity contribution >= 4 is 17.8 Å². The summed E-state index contributed by atoms with van der Waals surface area (Å²) in [7, 11) is 0. The van der Waals surface area contributed by atoms with E-state index in [0.717, 1.165) is 17.7 Å². The minimum atomic E-state index is -0.860. The third kappa shape index (κ3) is 1.72. The minimum absolute atomic E-state index is 0.142. The van der Waals surface area contributed by atoms with Crippen LogP contribution < -0.4 is 5.32 Å². The minimum Gasteiger partial charge on any atom is -0.373 e. The van der Waals surface area contributed by atoms with Crippen molar-refractivity contribution in [1.29, 1.82) is 0 Å². The highest BCUT2D eigenvalue weighted by molar-refractivity contribution is 6.44.